The number of amides is 2. The Morgan fingerprint density at radius 1 is 1.07 bits per heavy atom. The molecule has 0 aromatic rings. The number of rotatable bonds is 5. The van der Waals surface area contributed by atoms with Crippen LogP contribution in [-0.4, -0.2) is 72.8 Å². The van der Waals surface area contributed by atoms with Crippen molar-refractivity contribution in [2.75, 3.05) is 39.5 Å². The summed E-state index contributed by atoms with van der Waals surface area (Å²) < 4.78 is 18.4. The van der Waals surface area contributed by atoms with E-state index in [2.05, 4.69) is 10.2 Å². The zero-order valence-corrected chi connectivity index (χ0v) is 16.6. The molecule has 0 aromatic carbocycles. The minimum atomic E-state index is -0.563. The lowest BCUT2D eigenvalue weighted by molar-refractivity contribution is -0.130. The molecule has 0 spiro atoms. The van der Waals surface area contributed by atoms with E-state index in [0.717, 1.165) is 77.5 Å². The van der Waals surface area contributed by atoms with Crippen molar-refractivity contribution in [3.63, 3.8) is 0 Å². The van der Waals surface area contributed by atoms with E-state index in [-0.39, 0.29) is 17.9 Å². The molecule has 2 aliphatic heterocycles. The molecule has 2 amide bonds. The number of carbonyl (C=O) groups excluding carboxylic acids is 2. The first-order valence-electron chi connectivity index (χ1n) is 10.6. The van der Waals surface area contributed by atoms with Crippen molar-refractivity contribution in [2.24, 2.45) is 5.92 Å². The van der Waals surface area contributed by atoms with Gasteiger partial charge in [-0.1, -0.05) is 0 Å². The molecule has 154 valence electrons. The van der Waals surface area contributed by atoms with Gasteiger partial charge >= 0.3 is 6.09 Å². The summed E-state index contributed by atoms with van der Waals surface area (Å²) in [5, 5.41) is 2.99. The van der Waals surface area contributed by atoms with Gasteiger partial charge in [0.15, 0.2) is 0 Å². The summed E-state index contributed by atoms with van der Waals surface area (Å²) in [5.41, 5.74) is -0.563. The van der Waals surface area contributed by atoms with Gasteiger partial charge in [-0.15, -0.1) is 0 Å². The van der Waals surface area contributed by atoms with Crippen LogP contribution in [0.3, 0.4) is 0 Å². The van der Waals surface area contributed by atoms with Crippen molar-refractivity contribution in [2.45, 2.75) is 69.9 Å². The molecule has 6 nitrogen and oxygen atoms in total. The average Bonchev–Trinajstić information content (AvgIpc) is 2.91. The van der Waals surface area contributed by atoms with Crippen LogP contribution in [0, 0.1) is 5.92 Å². The predicted octanol–water partition coefficient (Wildman–Crippen LogP) is 2.72. The smallest absolute Gasteiger partial charge is 0.409 e. The number of hydrogen-bond acceptors (Lipinski definition) is 4. The summed E-state index contributed by atoms with van der Waals surface area (Å²) in [6.45, 7) is 5.12. The van der Waals surface area contributed by atoms with Crippen molar-refractivity contribution in [1.29, 1.82) is 0 Å². The van der Waals surface area contributed by atoms with Crippen LogP contribution in [0.2, 0.25) is 0 Å². The molecule has 3 rings (SSSR count). The number of halogens is 1. The van der Waals surface area contributed by atoms with Crippen LogP contribution in [0.1, 0.15) is 58.3 Å². The highest BCUT2D eigenvalue weighted by Crippen LogP contribution is 2.33. The predicted molar refractivity (Wildman–Crippen MR) is 101 cm³/mol. The molecule has 2 saturated heterocycles. The van der Waals surface area contributed by atoms with Crippen molar-refractivity contribution in [3.8, 4) is 0 Å². The summed E-state index contributed by atoms with van der Waals surface area (Å²) in [6.07, 6.45) is 7.05. The molecule has 1 saturated carbocycles. The van der Waals surface area contributed by atoms with Gasteiger partial charge in [0.25, 0.3) is 0 Å². The number of alkyl halides is 1. The van der Waals surface area contributed by atoms with Gasteiger partial charge in [0.1, 0.15) is 6.67 Å². The van der Waals surface area contributed by atoms with Crippen molar-refractivity contribution < 1.29 is 18.7 Å². The number of nitrogens with one attached hydrogen (secondary N) is 1. The Morgan fingerprint density at radius 3 is 2.41 bits per heavy atom. The molecule has 1 unspecified atom stereocenters. The highest BCUT2D eigenvalue weighted by molar-refractivity contribution is 5.79. The molecule has 1 atom stereocenters. The maximum Gasteiger partial charge on any atom is 0.409 e. The number of likely N-dealkylation sites (tertiary alicyclic amines) is 2. The minimum Gasteiger partial charge on any atom is -0.450 e. The molecule has 0 radical (unpaired) electrons. The highest BCUT2D eigenvalue weighted by atomic mass is 19.1. The lowest BCUT2D eigenvalue weighted by atomic mass is 9.77. The van der Waals surface area contributed by atoms with E-state index in [1.807, 2.05) is 11.8 Å². The Hall–Kier alpha value is -1.37. The molecule has 7 heteroatoms. The molecule has 3 aliphatic rings. The third-order valence-electron chi connectivity index (χ3n) is 6.60. The summed E-state index contributed by atoms with van der Waals surface area (Å²) in [4.78, 5) is 28.8. The number of carbonyl (C=O) groups is 2. The first-order valence-corrected chi connectivity index (χ1v) is 10.6. The van der Waals surface area contributed by atoms with Gasteiger partial charge in [-0.2, -0.15) is 0 Å². The van der Waals surface area contributed by atoms with E-state index in [9.17, 15) is 14.0 Å². The maximum atomic E-state index is 13.2. The second-order valence-electron chi connectivity index (χ2n) is 8.34. The quantitative estimate of drug-likeness (QED) is 0.793. The van der Waals surface area contributed by atoms with Crippen molar-refractivity contribution in [1.82, 2.24) is 15.1 Å². The fourth-order valence-corrected chi connectivity index (χ4v) is 4.63. The molecular formula is C20H34FN3O3. The van der Waals surface area contributed by atoms with Crippen LogP contribution in [0.15, 0.2) is 0 Å². The van der Waals surface area contributed by atoms with Gasteiger partial charge < -0.3 is 19.9 Å². The van der Waals surface area contributed by atoms with Gasteiger partial charge in [0, 0.05) is 25.0 Å². The van der Waals surface area contributed by atoms with E-state index in [1.54, 1.807) is 0 Å². The lowest BCUT2D eigenvalue weighted by Crippen LogP contribution is -2.57. The van der Waals surface area contributed by atoms with Gasteiger partial charge in [-0.25, -0.2) is 9.18 Å². The molecule has 1 aliphatic carbocycles. The fourth-order valence-electron chi connectivity index (χ4n) is 4.63. The number of ether oxygens (including phenoxy) is 1. The van der Waals surface area contributed by atoms with Crippen LogP contribution in [0.5, 0.6) is 0 Å². The third kappa shape index (κ3) is 4.92. The molecule has 2 heterocycles. The summed E-state index contributed by atoms with van der Waals surface area (Å²) >= 11 is 0. The molecule has 0 bridgehead atoms. The number of hydrogen-bond donors (Lipinski definition) is 1. The Bertz CT molecular complexity index is 513. The Kier molecular flexibility index (Phi) is 6.95. The van der Waals surface area contributed by atoms with Gasteiger partial charge in [-0.3, -0.25) is 4.79 Å². The normalized spacial score (nSPS) is 26.7. The molecular weight excluding hydrogens is 349 g/mol. The van der Waals surface area contributed by atoms with E-state index in [0.29, 0.717) is 12.6 Å². The SMILES string of the molecule is CCOC(=O)N1CCCC(N2CCC(C(=O)NC3(CF)CCC3)CC2)CC1. The monoisotopic (exact) mass is 383 g/mol. The molecule has 3 fully saturated rings. The maximum absolute atomic E-state index is 13.2. The standard InChI is InChI=1S/C20H34FN3O3/c1-2-27-19(26)24-11-3-5-17(8-14-24)23-12-6-16(7-13-23)18(25)22-20(15-21)9-4-10-20/h16-17H,2-15H2,1H3,(H,22,25). The highest BCUT2D eigenvalue weighted by Gasteiger charge is 2.40. The minimum absolute atomic E-state index is 0.00656. The van der Waals surface area contributed by atoms with E-state index < -0.39 is 12.2 Å². The topological polar surface area (TPSA) is 61.9 Å². The second-order valence-corrected chi connectivity index (χ2v) is 8.34. The number of piperidine rings is 1. The summed E-state index contributed by atoms with van der Waals surface area (Å²) in [6, 6.07) is 0.470. The third-order valence-corrected chi connectivity index (χ3v) is 6.60. The second kappa shape index (κ2) is 9.22. The van der Waals surface area contributed by atoms with E-state index >= 15 is 0 Å². The van der Waals surface area contributed by atoms with E-state index in [4.69, 9.17) is 4.74 Å². The number of nitrogens with zero attached hydrogens (tertiary/aromatic N) is 2. The van der Waals surface area contributed by atoms with Crippen molar-refractivity contribution in [3.05, 3.63) is 0 Å². The van der Waals surface area contributed by atoms with Crippen LogP contribution in [-0.2, 0) is 9.53 Å². The molecule has 27 heavy (non-hydrogen) atoms. The van der Waals surface area contributed by atoms with Crippen LogP contribution < -0.4 is 5.32 Å². The van der Waals surface area contributed by atoms with E-state index in [1.165, 1.54) is 0 Å². The largest absolute Gasteiger partial charge is 0.450 e. The van der Waals surface area contributed by atoms with Crippen molar-refractivity contribution >= 4 is 12.0 Å². The zero-order chi connectivity index (χ0) is 19.3. The molecule has 0 aromatic heterocycles. The Morgan fingerprint density at radius 2 is 1.81 bits per heavy atom. The zero-order valence-electron chi connectivity index (χ0n) is 16.6. The average molecular weight is 384 g/mol. The van der Waals surface area contributed by atoms with Gasteiger partial charge in [0.2, 0.25) is 5.91 Å². The van der Waals surface area contributed by atoms with Crippen LogP contribution >= 0.6 is 0 Å². The Balaban J connectivity index is 1.43. The first kappa shape index (κ1) is 20.4. The van der Waals surface area contributed by atoms with Gasteiger partial charge in [-0.05, 0) is 71.4 Å². The van der Waals surface area contributed by atoms with Crippen LogP contribution in [0.4, 0.5) is 9.18 Å². The van der Waals surface area contributed by atoms with Crippen LogP contribution in [0.25, 0.3) is 0 Å². The summed E-state index contributed by atoms with van der Waals surface area (Å²) in [7, 11) is 0. The van der Waals surface area contributed by atoms with Gasteiger partial charge in [0.05, 0.1) is 12.1 Å². The summed E-state index contributed by atoms with van der Waals surface area (Å²) in [5.74, 6) is 0.0495. The first-order chi connectivity index (χ1) is 13.1. The lowest BCUT2D eigenvalue weighted by Gasteiger charge is -2.42. The molecule has 1 N–H and O–H groups in total. The fraction of sp³-hybridized carbons (Fsp3) is 0.900. The Labute approximate surface area is 161 Å².